The van der Waals surface area contributed by atoms with E-state index < -0.39 is 12.2 Å². The van der Waals surface area contributed by atoms with Gasteiger partial charge in [-0.05, 0) is 53.4 Å². The molecule has 2 saturated heterocycles. The Morgan fingerprint density at radius 2 is 1.72 bits per heavy atom. The molecule has 6 nitrogen and oxygen atoms in total. The minimum Gasteiger partial charge on any atom is -0.357 e. The Labute approximate surface area is 190 Å². The highest BCUT2D eigenvalue weighted by Gasteiger charge is 2.41. The summed E-state index contributed by atoms with van der Waals surface area (Å²) in [4.78, 5) is 13.2. The molecule has 0 radical (unpaired) electrons. The molecule has 0 saturated carbocycles. The molecule has 2 aliphatic rings. The predicted octanol–water partition coefficient (Wildman–Crippen LogP) is 2.17. The first kappa shape index (κ1) is 26.7. The largest absolute Gasteiger partial charge is 0.403 e. The van der Waals surface area contributed by atoms with Gasteiger partial charge in [0.05, 0.1) is 0 Å². The predicted molar refractivity (Wildman–Crippen MR) is 123 cm³/mol. The molecule has 10 heteroatoms. The number of guanidine groups is 1. The van der Waals surface area contributed by atoms with E-state index in [1.54, 1.807) is 0 Å². The molecule has 0 spiro atoms. The Hall–Kier alpha value is -0.330. The van der Waals surface area contributed by atoms with Crippen molar-refractivity contribution in [2.24, 2.45) is 4.99 Å². The molecule has 1 atom stereocenters. The average molecular weight is 534 g/mol. The summed E-state index contributed by atoms with van der Waals surface area (Å²) in [6, 6.07) is -1.39. The maximum absolute atomic E-state index is 12.9. The number of nitrogens with one attached hydrogen (secondary N) is 1. The monoisotopic (exact) mass is 534 g/mol. The van der Waals surface area contributed by atoms with E-state index in [0.29, 0.717) is 26.2 Å². The summed E-state index contributed by atoms with van der Waals surface area (Å²) in [6.07, 6.45) is -1.95. The summed E-state index contributed by atoms with van der Waals surface area (Å²) >= 11 is 0. The molecule has 1 N–H and O–H groups in total. The lowest BCUT2D eigenvalue weighted by Gasteiger charge is -2.39. The zero-order valence-corrected chi connectivity index (χ0v) is 20.4. The molecule has 0 aromatic carbocycles. The maximum atomic E-state index is 12.9. The molecule has 0 aromatic heterocycles. The minimum absolute atomic E-state index is 0. The highest BCUT2D eigenvalue weighted by atomic mass is 127. The Kier molecular flexibility index (Phi) is 12.1. The van der Waals surface area contributed by atoms with Gasteiger partial charge in [-0.2, -0.15) is 13.2 Å². The summed E-state index contributed by atoms with van der Waals surface area (Å²) in [6.45, 7) is 12.3. The van der Waals surface area contributed by atoms with E-state index in [1.807, 2.05) is 6.92 Å². The molecule has 0 aromatic rings. The van der Waals surface area contributed by atoms with Crippen molar-refractivity contribution in [2.45, 2.75) is 38.9 Å². The lowest BCUT2D eigenvalue weighted by atomic mass is 10.2. The molecular formula is C19H38F3IN6. The number of rotatable bonds is 6. The molecule has 172 valence electrons. The van der Waals surface area contributed by atoms with Crippen LogP contribution in [0.4, 0.5) is 13.2 Å². The maximum Gasteiger partial charge on any atom is 0.403 e. The fraction of sp³-hybridized carbons (Fsp3) is 0.947. The van der Waals surface area contributed by atoms with Crippen molar-refractivity contribution in [1.82, 2.24) is 24.9 Å². The molecule has 2 fully saturated rings. The summed E-state index contributed by atoms with van der Waals surface area (Å²) in [7, 11) is 2.17. The van der Waals surface area contributed by atoms with Crippen molar-refractivity contribution < 1.29 is 13.2 Å². The molecule has 2 heterocycles. The normalized spacial score (nSPS) is 22.1. The van der Waals surface area contributed by atoms with Gasteiger partial charge in [0.15, 0.2) is 5.96 Å². The third-order valence-electron chi connectivity index (χ3n) is 5.68. The summed E-state index contributed by atoms with van der Waals surface area (Å²) < 4.78 is 38.8. The second kappa shape index (κ2) is 13.2. The van der Waals surface area contributed by atoms with Gasteiger partial charge in [-0.15, -0.1) is 24.0 Å². The van der Waals surface area contributed by atoms with Crippen molar-refractivity contribution in [3.05, 3.63) is 0 Å². The van der Waals surface area contributed by atoms with Gasteiger partial charge in [0, 0.05) is 52.4 Å². The topological polar surface area (TPSA) is 37.4 Å². The first-order valence-electron chi connectivity index (χ1n) is 10.6. The second-order valence-electron chi connectivity index (χ2n) is 7.83. The molecular weight excluding hydrogens is 496 g/mol. The SMILES string of the molecule is CCNC(=NCCCN1CCCN(C)CC1)N1CCN(C(C)C(F)(F)F)CC1.I. The van der Waals surface area contributed by atoms with Crippen LogP contribution in [-0.4, -0.2) is 117 Å². The Morgan fingerprint density at radius 3 is 2.34 bits per heavy atom. The van der Waals surface area contributed by atoms with Gasteiger partial charge in [0.1, 0.15) is 6.04 Å². The summed E-state index contributed by atoms with van der Waals surface area (Å²) in [5.74, 6) is 0.831. The van der Waals surface area contributed by atoms with Crippen LogP contribution in [0.15, 0.2) is 4.99 Å². The zero-order chi connectivity index (χ0) is 20.6. The first-order valence-corrected chi connectivity index (χ1v) is 10.6. The van der Waals surface area contributed by atoms with Gasteiger partial charge < -0.3 is 20.0 Å². The van der Waals surface area contributed by atoms with E-state index in [2.05, 4.69) is 27.1 Å². The van der Waals surface area contributed by atoms with Gasteiger partial charge in [-0.3, -0.25) is 9.89 Å². The molecule has 29 heavy (non-hydrogen) atoms. The van der Waals surface area contributed by atoms with Gasteiger partial charge in [-0.1, -0.05) is 0 Å². The fourth-order valence-electron chi connectivity index (χ4n) is 3.76. The van der Waals surface area contributed by atoms with Crippen molar-refractivity contribution in [1.29, 1.82) is 0 Å². The van der Waals surface area contributed by atoms with Crippen LogP contribution in [-0.2, 0) is 0 Å². The highest BCUT2D eigenvalue weighted by Crippen LogP contribution is 2.25. The van der Waals surface area contributed by atoms with Crippen LogP contribution in [0.3, 0.4) is 0 Å². The van der Waals surface area contributed by atoms with Crippen molar-refractivity contribution in [3.8, 4) is 0 Å². The number of hydrogen-bond donors (Lipinski definition) is 1. The number of alkyl halides is 3. The highest BCUT2D eigenvalue weighted by molar-refractivity contribution is 14.0. The van der Waals surface area contributed by atoms with Gasteiger partial charge in [0.25, 0.3) is 0 Å². The number of nitrogens with zero attached hydrogens (tertiary/aromatic N) is 5. The molecule has 0 aliphatic carbocycles. The standard InChI is InChI=1S/C19H37F3N6.HI/c1-4-23-18(24-7-5-9-26-10-6-8-25(3)11-12-26)28-15-13-27(14-16-28)17(2)19(20,21)22;/h17H,4-16H2,1-3H3,(H,23,24);1H. The van der Waals surface area contributed by atoms with Crippen LogP contribution >= 0.6 is 24.0 Å². The van der Waals surface area contributed by atoms with E-state index in [1.165, 1.54) is 18.2 Å². The van der Waals surface area contributed by atoms with Crippen LogP contribution in [0.1, 0.15) is 26.7 Å². The van der Waals surface area contributed by atoms with E-state index in [4.69, 9.17) is 4.99 Å². The Balaban J connectivity index is 0.00000420. The van der Waals surface area contributed by atoms with Gasteiger partial charge in [0.2, 0.25) is 0 Å². The lowest BCUT2D eigenvalue weighted by Crippen LogP contribution is -2.56. The number of likely N-dealkylation sites (N-methyl/N-ethyl adjacent to an activating group) is 1. The van der Waals surface area contributed by atoms with Crippen LogP contribution in [0.5, 0.6) is 0 Å². The number of piperazine rings is 1. The number of hydrogen-bond acceptors (Lipinski definition) is 4. The van der Waals surface area contributed by atoms with Crippen LogP contribution in [0.2, 0.25) is 0 Å². The van der Waals surface area contributed by atoms with E-state index >= 15 is 0 Å². The second-order valence-corrected chi connectivity index (χ2v) is 7.83. The van der Waals surface area contributed by atoms with Gasteiger partial charge in [-0.25, -0.2) is 0 Å². The molecule has 0 amide bonds. The van der Waals surface area contributed by atoms with Crippen molar-refractivity contribution in [3.63, 3.8) is 0 Å². The van der Waals surface area contributed by atoms with E-state index in [0.717, 1.165) is 58.2 Å². The molecule has 0 bridgehead atoms. The van der Waals surface area contributed by atoms with Crippen molar-refractivity contribution >= 4 is 29.9 Å². The smallest absolute Gasteiger partial charge is 0.357 e. The lowest BCUT2D eigenvalue weighted by molar-refractivity contribution is -0.181. The third-order valence-corrected chi connectivity index (χ3v) is 5.68. The van der Waals surface area contributed by atoms with Crippen LogP contribution in [0, 0.1) is 0 Å². The van der Waals surface area contributed by atoms with Crippen LogP contribution in [0.25, 0.3) is 0 Å². The average Bonchev–Trinajstić information content (AvgIpc) is 2.87. The Morgan fingerprint density at radius 1 is 1.03 bits per heavy atom. The van der Waals surface area contributed by atoms with Crippen LogP contribution < -0.4 is 5.32 Å². The summed E-state index contributed by atoms with van der Waals surface area (Å²) in [5.41, 5.74) is 0. The molecule has 2 aliphatic heterocycles. The molecule has 2 rings (SSSR count). The van der Waals surface area contributed by atoms with Gasteiger partial charge >= 0.3 is 6.18 Å². The number of halogens is 4. The minimum atomic E-state index is -4.16. The third kappa shape index (κ3) is 9.14. The molecule has 1 unspecified atom stereocenters. The van der Waals surface area contributed by atoms with Crippen molar-refractivity contribution in [2.75, 3.05) is 79.0 Å². The zero-order valence-electron chi connectivity index (χ0n) is 18.0. The van der Waals surface area contributed by atoms with E-state index in [-0.39, 0.29) is 24.0 Å². The number of aliphatic imine (C=N–C) groups is 1. The fourth-order valence-corrected chi connectivity index (χ4v) is 3.76. The first-order chi connectivity index (χ1) is 13.3. The summed E-state index contributed by atoms with van der Waals surface area (Å²) in [5, 5.41) is 3.30. The Bertz CT molecular complexity index is 483. The van der Waals surface area contributed by atoms with E-state index in [9.17, 15) is 13.2 Å². The quantitative estimate of drug-likeness (QED) is 0.245.